The summed E-state index contributed by atoms with van der Waals surface area (Å²) >= 11 is 7.35. The van der Waals surface area contributed by atoms with Gasteiger partial charge in [-0.1, -0.05) is 60.2 Å². The van der Waals surface area contributed by atoms with Gasteiger partial charge >= 0.3 is 0 Å². The molecule has 0 spiro atoms. The van der Waals surface area contributed by atoms with Gasteiger partial charge in [-0.05, 0) is 29.7 Å². The highest BCUT2D eigenvalue weighted by Gasteiger charge is 2.16. The number of nitrogens with one attached hydrogen (secondary N) is 1. The summed E-state index contributed by atoms with van der Waals surface area (Å²) in [4.78, 5) is 12.5. The van der Waals surface area contributed by atoms with Crippen LogP contribution in [0.1, 0.15) is 33.8 Å². The molecule has 0 bridgehead atoms. The van der Waals surface area contributed by atoms with E-state index < -0.39 is 0 Å². The Labute approximate surface area is 161 Å². The average molecular weight is 388 g/mol. The van der Waals surface area contributed by atoms with Gasteiger partial charge < -0.3 is 4.74 Å². The molecule has 0 unspecified atom stereocenters. The summed E-state index contributed by atoms with van der Waals surface area (Å²) in [6, 6.07) is 15.1. The number of aromatic nitrogens is 2. The number of nitrogens with zero attached hydrogens (tertiary/aromatic N) is 2. The number of carbonyl (C=O) groups is 1. The van der Waals surface area contributed by atoms with Crippen molar-refractivity contribution in [3.05, 3.63) is 69.7 Å². The highest BCUT2D eigenvalue weighted by atomic mass is 35.5. The first-order valence-corrected chi connectivity index (χ1v) is 9.28. The number of rotatable bonds is 6. The van der Waals surface area contributed by atoms with E-state index in [0.717, 1.165) is 11.4 Å². The number of anilines is 1. The Bertz CT molecular complexity index is 899. The minimum absolute atomic E-state index is 0.320. The van der Waals surface area contributed by atoms with Crippen LogP contribution < -0.4 is 10.1 Å². The molecule has 134 valence electrons. The normalized spacial score (nSPS) is 11.8. The second kappa shape index (κ2) is 8.29. The molecule has 1 heterocycles. The van der Waals surface area contributed by atoms with Crippen LogP contribution in [0.15, 0.2) is 48.5 Å². The molecule has 0 saturated heterocycles. The molecule has 0 radical (unpaired) electrons. The maximum absolute atomic E-state index is 12.5. The number of methoxy groups -OCH3 is 1. The molecule has 1 N–H and O–H groups in total. The summed E-state index contributed by atoms with van der Waals surface area (Å²) < 4.78 is 5.21. The quantitative estimate of drug-likeness (QED) is 0.659. The molecule has 1 aromatic heterocycles. The standard InChI is InChI=1S/C19H18ClN3O2S/c1-12(13-6-4-3-5-7-13)10-17-22-23-19(26-17)21-18(24)15-11-14(20)8-9-16(15)25-2/h3-9,11-12H,10H2,1-2H3,(H,21,23,24)/t12-/m1/s1. The Balaban J connectivity index is 1.69. The molecule has 1 amide bonds. The van der Waals surface area contributed by atoms with Crippen molar-refractivity contribution in [2.45, 2.75) is 19.3 Å². The van der Waals surface area contributed by atoms with E-state index in [1.807, 2.05) is 18.2 Å². The van der Waals surface area contributed by atoms with Crippen molar-refractivity contribution in [2.75, 3.05) is 12.4 Å². The number of benzene rings is 2. The zero-order valence-corrected chi connectivity index (χ0v) is 16.0. The van der Waals surface area contributed by atoms with Crippen LogP contribution in [0.4, 0.5) is 5.13 Å². The molecule has 3 rings (SSSR count). The van der Waals surface area contributed by atoms with Crippen LogP contribution in [0.5, 0.6) is 5.75 Å². The van der Waals surface area contributed by atoms with Crippen molar-refractivity contribution >= 4 is 34.0 Å². The first-order valence-electron chi connectivity index (χ1n) is 8.09. The third kappa shape index (κ3) is 4.39. The number of hydrogen-bond donors (Lipinski definition) is 1. The number of carbonyl (C=O) groups excluding carboxylic acids is 1. The lowest BCUT2D eigenvalue weighted by Gasteiger charge is -2.09. The fraction of sp³-hybridized carbons (Fsp3) is 0.211. The van der Waals surface area contributed by atoms with Crippen molar-refractivity contribution in [3.63, 3.8) is 0 Å². The van der Waals surface area contributed by atoms with Crippen molar-refractivity contribution in [1.29, 1.82) is 0 Å². The van der Waals surface area contributed by atoms with Crippen molar-refractivity contribution in [2.24, 2.45) is 0 Å². The van der Waals surface area contributed by atoms with E-state index in [4.69, 9.17) is 16.3 Å². The Morgan fingerprint density at radius 3 is 2.73 bits per heavy atom. The van der Waals surface area contributed by atoms with Crippen LogP contribution in [0.2, 0.25) is 5.02 Å². The zero-order chi connectivity index (χ0) is 18.5. The van der Waals surface area contributed by atoms with Crippen molar-refractivity contribution in [3.8, 4) is 5.75 Å². The smallest absolute Gasteiger partial charge is 0.261 e. The fourth-order valence-corrected chi connectivity index (χ4v) is 3.61. The maximum Gasteiger partial charge on any atom is 0.261 e. The minimum atomic E-state index is -0.330. The molecule has 0 aliphatic carbocycles. The monoisotopic (exact) mass is 387 g/mol. The molecule has 7 heteroatoms. The highest BCUT2D eigenvalue weighted by molar-refractivity contribution is 7.15. The summed E-state index contributed by atoms with van der Waals surface area (Å²) in [7, 11) is 1.51. The van der Waals surface area contributed by atoms with E-state index in [1.165, 1.54) is 24.0 Å². The van der Waals surface area contributed by atoms with Crippen molar-refractivity contribution in [1.82, 2.24) is 10.2 Å². The van der Waals surface area contributed by atoms with Crippen LogP contribution >= 0.6 is 22.9 Å². The van der Waals surface area contributed by atoms with E-state index in [9.17, 15) is 4.79 Å². The van der Waals surface area contributed by atoms with Crippen LogP contribution in [0.25, 0.3) is 0 Å². The summed E-state index contributed by atoms with van der Waals surface area (Å²) in [5, 5.41) is 12.8. The van der Waals surface area contributed by atoms with Gasteiger partial charge in [-0.3, -0.25) is 10.1 Å². The molecule has 5 nitrogen and oxygen atoms in total. The van der Waals surface area contributed by atoms with Crippen LogP contribution in [-0.2, 0) is 6.42 Å². The van der Waals surface area contributed by atoms with Crippen LogP contribution in [0.3, 0.4) is 0 Å². The SMILES string of the molecule is COc1ccc(Cl)cc1C(=O)Nc1nnc(C[C@@H](C)c2ccccc2)s1. The summed E-state index contributed by atoms with van der Waals surface area (Å²) in [6.07, 6.45) is 0.762. The van der Waals surface area contributed by atoms with Gasteiger partial charge in [-0.2, -0.15) is 0 Å². The molecule has 0 saturated carbocycles. The molecule has 0 aliphatic heterocycles. The predicted octanol–water partition coefficient (Wildman–Crippen LogP) is 4.80. The Kier molecular flexibility index (Phi) is 5.85. The van der Waals surface area contributed by atoms with Crippen LogP contribution in [-0.4, -0.2) is 23.2 Å². The lowest BCUT2D eigenvalue weighted by Crippen LogP contribution is -2.13. The summed E-state index contributed by atoms with van der Waals surface area (Å²) in [5.74, 6) is 0.443. The third-order valence-electron chi connectivity index (χ3n) is 3.94. The van der Waals surface area contributed by atoms with Gasteiger partial charge in [0.1, 0.15) is 10.8 Å². The molecule has 0 fully saturated rings. The fourth-order valence-electron chi connectivity index (χ4n) is 2.57. The molecule has 1 atom stereocenters. The minimum Gasteiger partial charge on any atom is -0.496 e. The number of amides is 1. The van der Waals surface area contributed by atoms with Gasteiger partial charge in [-0.15, -0.1) is 10.2 Å². The first-order chi connectivity index (χ1) is 12.6. The molecular formula is C19H18ClN3O2S. The molecular weight excluding hydrogens is 370 g/mol. The van der Waals surface area contributed by atoms with Crippen molar-refractivity contribution < 1.29 is 9.53 Å². The highest BCUT2D eigenvalue weighted by Crippen LogP contribution is 2.26. The molecule has 0 aliphatic rings. The Morgan fingerprint density at radius 1 is 1.23 bits per heavy atom. The zero-order valence-electron chi connectivity index (χ0n) is 14.4. The predicted molar refractivity (Wildman–Crippen MR) is 104 cm³/mol. The Morgan fingerprint density at radius 2 is 2.00 bits per heavy atom. The third-order valence-corrected chi connectivity index (χ3v) is 5.04. The molecule has 3 aromatic rings. The summed E-state index contributed by atoms with van der Waals surface area (Å²) in [6.45, 7) is 2.14. The van der Waals surface area contributed by atoms with E-state index in [2.05, 4.69) is 34.6 Å². The lowest BCUT2D eigenvalue weighted by molar-refractivity contribution is 0.102. The van der Waals surface area contributed by atoms with Gasteiger partial charge in [0, 0.05) is 11.4 Å². The topological polar surface area (TPSA) is 64.1 Å². The number of halogens is 1. The lowest BCUT2D eigenvalue weighted by atomic mass is 9.98. The number of hydrogen-bond acceptors (Lipinski definition) is 5. The molecule has 2 aromatic carbocycles. The van der Waals surface area contributed by atoms with Gasteiger partial charge in [0.25, 0.3) is 5.91 Å². The van der Waals surface area contributed by atoms with E-state index in [1.54, 1.807) is 18.2 Å². The van der Waals surface area contributed by atoms with Crippen LogP contribution in [0, 0.1) is 0 Å². The Hall–Kier alpha value is -2.44. The summed E-state index contributed by atoms with van der Waals surface area (Å²) in [5.41, 5.74) is 1.60. The van der Waals surface area contributed by atoms with Gasteiger partial charge in [-0.25, -0.2) is 0 Å². The van der Waals surface area contributed by atoms with E-state index in [0.29, 0.717) is 27.4 Å². The molecule has 26 heavy (non-hydrogen) atoms. The van der Waals surface area contributed by atoms with Gasteiger partial charge in [0.05, 0.1) is 12.7 Å². The number of ether oxygens (including phenoxy) is 1. The second-order valence-corrected chi connectivity index (χ2v) is 7.31. The van der Waals surface area contributed by atoms with E-state index >= 15 is 0 Å². The van der Waals surface area contributed by atoms with Gasteiger partial charge in [0.15, 0.2) is 0 Å². The maximum atomic E-state index is 12.5. The average Bonchev–Trinajstić information content (AvgIpc) is 3.09. The van der Waals surface area contributed by atoms with Gasteiger partial charge in [0.2, 0.25) is 5.13 Å². The second-order valence-electron chi connectivity index (χ2n) is 5.82. The largest absolute Gasteiger partial charge is 0.496 e. The first kappa shape index (κ1) is 18.4. The van der Waals surface area contributed by atoms with E-state index in [-0.39, 0.29) is 5.91 Å².